The van der Waals surface area contributed by atoms with Gasteiger partial charge in [-0.05, 0) is 36.1 Å². The predicted molar refractivity (Wildman–Crippen MR) is 70.5 cm³/mol. The molecular weight excluding hydrogens is 242 g/mol. The lowest BCUT2D eigenvalue weighted by Crippen LogP contribution is -2.50. The van der Waals surface area contributed by atoms with Crippen molar-refractivity contribution in [3.63, 3.8) is 0 Å². The molecule has 2 heterocycles. The van der Waals surface area contributed by atoms with Crippen LogP contribution >= 0.6 is 0 Å². The molecule has 1 fully saturated rings. The van der Waals surface area contributed by atoms with Crippen molar-refractivity contribution >= 4 is 11.8 Å². The Morgan fingerprint density at radius 2 is 2.11 bits per heavy atom. The normalized spacial score (nSPS) is 21.7. The van der Waals surface area contributed by atoms with E-state index in [2.05, 4.69) is 16.0 Å². The predicted octanol–water partition coefficient (Wildman–Crippen LogP) is 0.298. The van der Waals surface area contributed by atoms with Crippen molar-refractivity contribution in [3.8, 4) is 0 Å². The van der Waals surface area contributed by atoms with Crippen molar-refractivity contribution in [2.75, 3.05) is 6.54 Å². The van der Waals surface area contributed by atoms with Gasteiger partial charge in [-0.1, -0.05) is 6.07 Å². The lowest BCUT2D eigenvalue weighted by atomic mass is 10.0. The maximum absolute atomic E-state index is 12.1. The van der Waals surface area contributed by atoms with Gasteiger partial charge in [0, 0.05) is 25.2 Å². The fourth-order valence-electron chi connectivity index (χ4n) is 2.59. The van der Waals surface area contributed by atoms with Crippen LogP contribution in [0.25, 0.3) is 0 Å². The van der Waals surface area contributed by atoms with Crippen molar-refractivity contribution in [1.82, 2.24) is 16.0 Å². The number of hydrogen-bond donors (Lipinski definition) is 3. The highest BCUT2D eigenvalue weighted by atomic mass is 16.2. The van der Waals surface area contributed by atoms with E-state index >= 15 is 0 Å². The standard InChI is InChI=1S/C14H17N3O2/c18-13(17-12-2-1-5-16-14(12)19)9-3-4-10-7-15-8-11(10)6-9/h3-4,6,12,15H,1-2,5,7-8H2,(H,16,19)(H,17,18). The molecule has 19 heavy (non-hydrogen) atoms. The average molecular weight is 259 g/mol. The molecule has 3 rings (SSSR count). The monoisotopic (exact) mass is 259 g/mol. The van der Waals surface area contributed by atoms with E-state index in [1.807, 2.05) is 18.2 Å². The Hall–Kier alpha value is -1.88. The lowest BCUT2D eigenvalue weighted by molar-refractivity contribution is -0.124. The topological polar surface area (TPSA) is 70.2 Å². The summed E-state index contributed by atoms with van der Waals surface area (Å²) in [5.41, 5.74) is 3.04. The number of benzene rings is 1. The highest BCUT2D eigenvalue weighted by molar-refractivity contribution is 5.97. The second-order valence-electron chi connectivity index (χ2n) is 5.05. The van der Waals surface area contributed by atoms with Crippen molar-refractivity contribution in [3.05, 3.63) is 34.9 Å². The fourth-order valence-corrected chi connectivity index (χ4v) is 2.59. The van der Waals surface area contributed by atoms with Crippen LogP contribution in [0.5, 0.6) is 0 Å². The Balaban J connectivity index is 1.71. The minimum absolute atomic E-state index is 0.0811. The minimum Gasteiger partial charge on any atom is -0.354 e. The highest BCUT2D eigenvalue weighted by Gasteiger charge is 2.24. The molecule has 0 aliphatic carbocycles. The van der Waals surface area contributed by atoms with Crippen LogP contribution in [0.2, 0.25) is 0 Å². The molecule has 0 saturated carbocycles. The highest BCUT2D eigenvalue weighted by Crippen LogP contribution is 2.17. The summed E-state index contributed by atoms with van der Waals surface area (Å²) in [5.74, 6) is -0.251. The van der Waals surface area contributed by atoms with Crippen molar-refractivity contribution in [2.24, 2.45) is 0 Å². The smallest absolute Gasteiger partial charge is 0.251 e. The van der Waals surface area contributed by atoms with Crippen molar-refractivity contribution in [2.45, 2.75) is 32.0 Å². The number of amides is 2. The largest absolute Gasteiger partial charge is 0.354 e. The molecule has 1 unspecified atom stereocenters. The zero-order chi connectivity index (χ0) is 13.2. The van der Waals surface area contributed by atoms with Gasteiger partial charge in [-0.25, -0.2) is 0 Å². The summed E-state index contributed by atoms with van der Waals surface area (Å²) in [6, 6.07) is 5.31. The minimum atomic E-state index is -0.396. The quantitative estimate of drug-likeness (QED) is 0.715. The zero-order valence-electron chi connectivity index (χ0n) is 10.7. The number of hydrogen-bond acceptors (Lipinski definition) is 3. The van der Waals surface area contributed by atoms with Crippen LogP contribution in [-0.2, 0) is 17.9 Å². The first kappa shape index (κ1) is 12.2. The van der Waals surface area contributed by atoms with Gasteiger partial charge >= 0.3 is 0 Å². The molecule has 3 N–H and O–H groups in total. The third-order valence-corrected chi connectivity index (χ3v) is 3.69. The molecule has 1 aromatic rings. The SMILES string of the molecule is O=C(NC1CCCNC1=O)c1ccc2c(c1)CNC2. The Morgan fingerprint density at radius 1 is 1.26 bits per heavy atom. The average Bonchev–Trinajstić information content (AvgIpc) is 2.88. The molecule has 2 amide bonds. The van der Waals surface area contributed by atoms with E-state index in [4.69, 9.17) is 0 Å². The van der Waals surface area contributed by atoms with Crippen LogP contribution in [0.1, 0.15) is 34.3 Å². The second kappa shape index (κ2) is 5.01. The van der Waals surface area contributed by atoms with Gasteiger partial charge in [-0.15, -0.1) is 0 Å². The van der Waals surface area contributed by atoms with E-state index in [1.54, 1.807) is 0 Å². The van der Waals surface area contributed by atoms with Crippen molar-refractivity contribution in [1.29, 1.82) is 0 Å². The molecule has 5 heteroatoms. The summed E-state index contributed by atoms with van der Waals surface area (Å²) in [5, 5.41) is 8.82. The van der Waals surface area contributed by atoms with Gasteiger partial charge in [0.15, 0.2) is 0 Å². The van der Waals surface area contributed by atoms with Gasteiger partial charge < -0.3 is 16.0 Å². The van der Waals surface area contributed by atoms with Crippen LogP contribution in [0.4, 0.5) is 0 Å². The van der Waals surface area contributed by atoms with Crippen molar-refractivity contribution < 1.29 is 9.59 Å². The number of piperidine rings is 1. The molecular formula is C14H17N3O2. The summed E-state index contributed by atoms with van der Waals surface area (Å²) in [6.45, 7) is 2.37. The Labute approximate surface area is 111 Å². The van der Waals surface area contributed by atoms with Gasteiger partial charge in [0.1, 0.15) is 6.04 Å². The van der Waals surface area contributed by atoms with E-state index in [-0.39, 0.29) is 11.8 Å². The van der Waals surface area contributed by atoms with Crippen LogP contribution in [0.3, 0.4) is 0 Å². The number of carbonyl (C=O) groups excluding carboxylic acids is 2. The first-order valence-corrected chi connectivity index (χ1v) is 6.65. The number of nitrogens with one attached hydrogen (secondary N) is 3. The van der Waals surface area contributed by atoms with E-state index in [0.717, 1.165) is 19.5 Å². The third kappa shape index (κ3) is 2.46. The summed E-state index contributed by atoms with van der Waals surface area (Å²) >= 11 is 0. The second-order valence-corrected chi connectivity index (χ2v) is 5.05. The number of fused-ring (bicyclic) bond motifs is 1. The van der Waals surface area contributed by atoms with E-state index in [1.165, 1.54) is 11.1 Å². The molecule has 1 aromatic carbocycles. The van der Waals surface area contributed by atoms with E-state index in [9.17, 15) is 9.59 Å². The number of carbonyl (C=O) groups is 2. The molecule has 1 atom stereocenters. The molecule has 100 valence electrons. The van der Waals surface area contributed by atoms with E-state index < -0.39 is 6.04 Å². The van der Waals surface area contributed by atoms with Crippen LogP contribution in [0.15, 0.2) is 18.2 Å². The van der Waals surface area contributed by atoms with Gasteiger partial charge in [0.05, 0.1) is 0 Å². The van der Waals surface area contributed by atoms with Crippen LogP contribution in [-0.4, -0.2) is 24.4 Å². The number of rotatable bonds is 2. The van der Waals surface area contributed by atoms with Gasteiger partial charge in [0.2, 0.25) is 5.91 Å². The zero-order valence-corrected chi connectivity index (χ0v) is 10.7. The molecule has 2 aliphatic rings. The Bertz CT molecular complexity index is 527. The summed E-state index contributed by atoms with van der Waals surface area (Å²) in [6.07, 6.45) is 1.62. The maximum atomic E-state index is 12.1. The molecule has 5 nitrogen and oxygen atoms in total. The first-order chi connectivity index (χ1) is 9.24. The van der Waals surface area contributed by atoms with E-state index in [0.29, 0.717) is 18.5 Å². The summed E-state index contributed by atoms with van der Waals surface area (Å²) in [7, 11) is 0. The van der Waals surface area contributed by atoms with Gasteiger partial charge in [-0.3, -0.25) is 9.59 Å². The third-order valence-electron chi connectivity index (χ3n) is 3.69. The summed E-state index contributed by atoms with van der Waals surface area (Å²) in [4.78, 5) is 23.8. The molecule has 0 spiro atoms. The maximum Gasteiger partial charge on any atom is 0.251 e. The van der Waals surface area contributed by atoms with Crippen LogP contribution in [0, 0.1) is 0 Å². The molecule has 0 bridgehead atoms. The Kier molecular flexibility index (Phi) is 3.21. The molecule has 1 saturated heterocycles. The first-order valence-electron chi connectivity index (χ1n) is 6.65. The summed E-state index contributed by atoms with van der Waals surface area (Å²) < 4.78 is 0. The Morgan fingerprint density at radius 3 is 2.95 bits per heavy atom. The molecule has 0 radical (unpaired) electrons. The molecule has 2 aliphatic heterocycles. The van der Waals surface area contributed by atoms with Gasteiger partial charge in [-0.2, -0.15) is 0 Å². The van der Waals surface area contributed by atoms with Gasteiger partial charge in [0.25, 0.3) is 5.91 Å². The van der Waals surface area contributed by atoms with Crippen LogP contribution < -0.4 is 16.0 Å². The molecule has 0 aromatic heterocycles. The fraction of sp³-hybridized carbons (Fsp3) is 0.429. The lowest BCUT2D eigenvalue weighted by Gasteiger charge is -2.22.